The molecule has 0 amide bonds. The van der Waals surface area contributed by atoms with Gasteiger partial charge in [-0.25, -0.2) is 14.6 Å². The summed E-state index contributed by atoms with van der Waals surface area (Å²) in [5.41, 5.74) is 0.496. The highest BCUT2D eigenvalue weighted by atomic mass is 16.5. The second-order valence-corrected chi connectivity index (χ2v) is 5.55. The smallest absolute Gasteiger partial charge is 0.340 e. The molecule has 3 rings (SSSR count). The molecule has 7 heteroatoms. The highest BCUT2D eigenvalue weighted by Gasteiger charge is 2.20. The first-order valence-corrected chi connectivity index (χ1v) is 7.79. The van der Waals surface area contributed by atoms with Gasteiger partial charge in [-0.05, 0) is 13.0 Å². The van der Waals surface area contributed by atoms with Crippen LogP contribution in [0.4, 0.5) is 0 Å². The Morgan fingerprint density at radius 1 is 1.12 bits per heavy atom. The van der Waals surface area contributed by atoms with Gasteiger partial charge in [0.15, 0.2) is 0 Å². The molecule has 0 aliphatic rings. The maximum Gasteiger partial charge on any atom is 0.340 e. The number of pyridine rings is 1. The Labute approximate surface area is 143 Å². The molecule has 1 aromatic carbocycles. The third-order valence-corrected chi connectivity index (χ3v) is 3.97. The molecule has 0 spiro atoms. The van der Waals surface area contributed by atoms with Crippen molar-refractivity contribution in [3.05, 3.63) is 62.8 Å². The molecule has 0 fully saturated rings. The van der Waals surface area contributed by atoms with Crippen LogP contribution >= 0.6 is 0 Å². The standard InChI is InChI=1S/C18H17N3O4/c1-4-25-17(23)12-10-13-15(20(2)18(24)21(3)16(13)22)19-14(12)11-8-6-5-7-9-11/h5-10H,4H2,1-3H3. The molecule has 0 unspecified atom stereocenters. The van der Waals surface area contributed by atoms with E-state index in [1.165, 1.54) is 24.7 Å². The van der Waals surface area contributed by atoms with Crippen LogP contribution in [-0.2, 0) is 18.8 Å². The van der Waals surface area contributed by atoms with Crippen LogP contribution in [0.25, 0.3) is 22.3 Å². The van der Waals surface area contributed by atoms with Crippen LogP contribution < -0.4 is 11.2 Å². The van der Waals surface area contributed by atoms with E-state index in [1.54, 1.807) is 19.1 Å². The van der Waals surface area contributed by atoms with Crippen LogP contribution in [0.2, 0.25) is 0 Å². The van der Waals surface area contributed by atoms with Crippen LogP contribution in [0.1, 0.15) is 17.3 Å². The Morgan fingerprint density at radius 3 is 2.44 bits per heavy atom. The minimum atomic E-state index is -0.563. The molecule has 2 aromatic heterocycles. The Bertz CT molecular complexity index is 1080. The highest BCUT2D eigenvalue weighted by molar-refractivity contribution is 5.99. The van der Waals surface area contributed by atoms with Crippen molar-refractivity contribution in [2.75, 3.05) is 6.61 Å². The monoisotopic (exact) mass is 339 g/mol. The van der Waals surface area contributed by atoms with Crippen molar-refractivity contribution in [1.29, 1.82) is 0 Å². The van der Waals surface area contributed by atoms with Crippen molar-refractivity contribution in [2.24, 2.45) is 14.1 Å². The summed E-state index contributed by atoms with van der Waals surface area (Å²) in [6.07, 6.45) is 0. The number of hydrogen-bond acceptors (Lipinski definition) is 5. The zero-order chi connectivity index (χ0) is 18.1. The second kappa shape index (κ2) is 6.35. The molecule has 25 heavy (non-hydrogen) atoms. The Balaban J connectivity index is 2.44. The summed E-state index contributed by atoms with van der Waals surface area (Å²) in [7, 11) is 2.93. The highest BCUT2D eigenvalue weighted by Crippen LogP contribution is 2.24. The molecule has 3 aromatic rings. The van der Waals surface area contributed by atoms with Crippen LogP contribution in [0.15, 0.2) is 46.0 Å². The first kappa shape index (κ1) is 16.6. The van der Waals surface area contributed by atoms with E-state index in [2.05, 4.69) is 4.98 Å². The van der Waals surface area contributed by atoms with E-state index >= 15 is 0 Å². The normalized spacial score (nSPS) is 10.8. The summed E-state index contributed by atoms with van der Waals surface area (Å²) in [6, 6.07) is 10.5. The predicted molar refractivity (Wildman–Crippen MR) is 93.6 cm³/mol. The summed E-state index contributed by atoms with van der Waals surface area (Å²) in [6.45, 7) is 1.91. The van der Waals surface area contributed by atoms with E-state index < -0.39 is 17.2 Å². The number of aromatic nitrogens is 3. The van der Waals surface area contributed by atoms with Crippen LogP contribution in [0.3, 0.4) is 0 Å². The van der Waals surface area contributed by atoms with Gasteiger partial charge in [-0.2, -0.15) is 0 Å². The van der Waals surface area contributed by atoms with Gasteiger partial charge in [0.2, 0.25) is 0 Å². The molecular weight excluding hydrogens is 322 g/mol. The number of nitrogens with zero attached hydrogens (tertiary/aromatic N) is 3. The third kappa shape index (κ3) is 2.73. The molecular formula is C18H17N3O4. The van der Waals surface area contributed by atoms with Crippen molar-refractivity contribution in [3.63, 3.8) is 0 Å². The fourth-order valence-corrected chi connectivity index (χ4v) is 2.68. The zero-order valence-corrected chi connectivity index (χ0v) is 14.1. The predicted octanol–water partition coefficient (Wildman–Crippen LogP) is 1.48. The molecule has 0 saturated heterocycles. The average molecular weight is 339 g/mol. The number of hydrogen-bond donors (Lipinski definition) is 0. The number of aryl methyl sites for hydroxylation is 1. The van der Waals surface area contributed by atoms with Crippen molar-refractivity contribution < 1.29 is 9.53 Å². The number of esters is 1. The lowest BCUT2D eigenvalue weighted by Crippen LogP contribution is -2.37. The van der Waals surface area contributed by atoms with E-state index in [0.717, 1.165) is 4.57 Å². The molecule has 7 nitrogen and oxygen atoms in total. The molecule has 128 valence electrons. The quantitative estimate of drug-likeness (QED) is 0.675. The van der Waals surface area contributed by atoms with E-state index in [9.17, 15) is 14.4 Å². The fraction of sp³-hybridized carbons (Fsp3) is 0.222. The number of benzene rings is 1. The van der Waals surface area contributed by atoms with Crippen LogP contribution in [-0.4, -0.2) is 26.7 Å². The SMILES string of the molecule is CCOC(=O)c1cc2c(=O)n(C)c(=O)n(C)c2nc1-c1ccccc1. The van der Waals surface area contributed by atoms with Gasteiger partial charge < -0.3 is 4.74 Å². The first-order valence-electron chi connectivity index (χ1n) is 7.79. The fourth-order valence-electron chi connectivity index (χ4n) is 2.68. The maximum absolute atomic E-state index is 12.4. The van der Waals surface area contributed by atoms with Crippen molar-refractivity contribution in [3.8, 4) is 11.3 Å². The summed E-state index contributed by atoms with van der Waals surface area (Å²) in [5.74, 6) is -0.563. The molecule has 0 N–H and O–H groups in total. The average Bonchev–Trinajstić information content (AvgIpc) is 2.64. The summed E-state index contributed by atoms with van der Waals surface area (Å²) < 4.78 is 7.38. The topological polar surface area (TPSA) is 83.2 Å². The minimum absolute atomic E-state index is 0.187. The summed E-state index contributed by atoms with van der Waals surface area (Å²) >= 11 is 0. The molecule has 2 heterocycles. The number of ether oxygens (including phenoxy) is 1. The Morgan fingerprint density at radius 2 is 1.80 bits per heavy atom. The number of rotatable bonds is 3. The van der Waals surface area contributed by atoms with E-state index in [0.29, 0.717) is 11.3 Å². The van der Waals surface area contributed by atoms with E-state index in [1.807, 2.05) is 18.2 Å². The van der Waals surface area contributed by atoms with E-state index in [4.69, 9.17) is 4.74 Å². The van der Waals surface area contributed by atoms with Crippen LogP contribution in [0, 0.1) is 0 Å². The minimum Gasteiger partial charge on any atom is -0.462 e. The van der Waals surface area contributed by atoms with Gasteiger partial charge in [-0.15, -0.1) is 0 Å². The number of carbonyl (C=O) groups excluding carboxylic acids is 1. The van der Waals surface area contributed by atoms with Gasteiger partial charge in [0.1, 0.15) is 5.65 Å². The Kier molecular flexibility index (Phi) is 4.22. The van der Waals surface area contributed by atoms with Gasteiger partial charge in [-0.1, -0.05) is 30.3 Å². The lowest BCUT2D eigenvalue weighted by Gasteiger charge is -2.12. The van der Waals surface area contributed by atoms with Crippen molar-refractivity contribution >= 4 is 17.0 Å². The summed E-state index contributed by atoms with van der Waals surface area (Å²) in [5, 5.41) is 0.187. The first-order chi connectivity index (χ1) is 12.0. The lowest BCUT2D eigenvalue weighted by atomic mass is 10.0. The maximum atomic E-state index is 12.4. The van der Waals surface area contributed by atoms with Gasteiger partial charge in [0.05, 0.1) is 23.3 Å². The van der Waals surface area contributed by atoms with Crippen LogP contribution in [0.5, 0.6) is 0 Å². The van der Waals surface area contributed by atoms with Gasteiger partial charge in [-0.3, -0.25) is 13.9 Å². The molecule has 0 radical (unpaired) electrons. The Hall–Kier alpha value is -3.22. The molecule has 0 atom stereocenters. The molecule has 0 saturated carbocycles. The third-order valence-electron chi connectivity index (χ3n) is 3.97. The lowest BCUT2D eigenvalue weighted by molar-refractivity contribution is 0.0527. The van der Waals surface area contributed by atoms with Crippen molar-refractivity contribution in [1.82, 2.24) is 14.1 Å². The zero-order valence-electron chi connectivity index (χ0n) is 14.1. The molecule has 0 aliphatic carbocycles. The molecule has 0 aliphatic heterocycles. The number of carbonyl (C=O) groups is 1. The van der Waals surface area contributed by atoms with Gasteiger partial charge >= 0.3 is 11.7 Å². The largest absolute Gasteiger partial charge is 0.462 e. The molecule has 0 bridgehead atoms. The van der Waals surface area contributed by atoms with Crippen molar-refractivity contribution in [2.45, 2.75) is 6.92 Å². The van der Waals surface area contributed by atoms with E-state index in [-0.39, 0.29) is 23.2 Å². The second-order valence-electron chi connectivity index (χ2n) is 5.55. The van der Waals surface area contributed by atoms with Gasteiger partial charge in [0.25, 0.3) is 5.56 Å². The number of fused-ring (bicyclic) bond motifs is 1. The summed E-state index contributed by atoms with van der Waals surface area (Å²) in [4.78, 5) is 41.5. The van der Waals surface area contributed by atoms with Gasteiger partial charge in [0, 0.05) is 19.7 Å².